The molecule has 0 fully saturated rings. The van der Waals surface area contributed by atoms with Crippen LogP contribution in [0.2, 0.25) is 0 Å². The average Bonchev–Trinajstić information content (AvgIpc) is 2.67. The maximum Gasteiger partial charge on any atom is 0.0883 e. The van der Waals surface area contributed by atoms with E-state index in [2.05, 4.69) is 59.9 Å². The third-order valence-electron chi connectivity index (χ3n) is 3.38. The zero-order valence-corrected chi connectivity index (χ0v) is 10.7. The topological polar surface area (TPSA) is 17.8 Å². The van der Waals surface area contributed by atoms with Gasteiger partial charge in [0.15, 0.2) is 0 Å². The van der Waals surface area contributed by atoms with Gasteiger partial charge in [-0.2, -0.15) is 0 Å². The lowest BCUT2D eigenvalue weighted by Crippen LogP contribution is -1.97. The zero-order valence-electron chi connectivity index (χ0n) is 10.7. The van der Waals surface area contributed by atoms with Gasteiger partial charge in [0.25, 0.3) is 0 Å². The van der Waals surface area contributed by atoms with Crippen molar-refractivity contribution >= 4 is 11.0 Å². The molecule has 2 heterocycles. The number of pyridine rings is 1. The Balaban J connectivity index is 2.02. The Hall–Kier alpha value is -2.09. The molecule has 0 N–H and O–H groups in total. The number of hydrogen-bond donors (Lipinski definition) is 0. The molecule has 0 atom stereocenters. The molecule has 0 spiro atoms. The van der Waals surface area contributed by atoms with Crippen LogP contribution in [0.3, 0.4) is 0 Å². The van der Waals surface area contributed by atoms with Crippen LogP contribution >= 0.6 is 0 Å². The van der Waals surface area contributed by atoms with E-state index < -0.39 is 0 Å². The monoisotopic (exact) mass is 236 g/mol. The molecule has 0 saturated heterocycles. The molecule has 18 heavy (non-hydrogen) atoms. The molecular formula is C16H16N2. The number of benzene rings is 1. The van der Waals surface area contributed by atoms with Crippen molar-refractivity contribution in [2.24, 2.45) is 7.05 Å². The summed E-state index contributed by atoms with van der Waals surface area (Å²) in [5.74, 6) is 0. The lowest BCUT2D eigenvalue weighted by molar-refractivity contribution is 0.880. The van der Waals surface area contributed by atoms with Crippen LogP contribution in [0.1, 0.15) is 16.8 Å². The molecular weight excluding hydrogens is 220 g/mol. The fourth-order valence-electron chi connectivity index (χ4n) is 2.41. The molecule has 0 bridgehead atoms. The van der Waals surface area contributed by atoms with Gasteiger partial charge in [-0.05, 0) is 30.7 Å². The summed E-state index contributed by atoms with van der Waals surface area (Å²) in [5.41, 5.74) is 6.22. The third kappa shape index (κ3) is 1.90. The lowest BCUT2D eigenvalue weighted by Gasteiger charge is -2.05. The van der Waals surface area contributed by atoms with Crippen LogP contribution in [0.5, 0.6) is 0 Å². The van der Waals surface area contributed by atoms with E-state index in [-0.39, 0.29) is 0 Å². The van der Waals surface area contributed by atoms with Crippen LogP contribution in [-0.4, -0.2) is 9.55 Å². The Morgan fingerprint density at radius 1 is 1.11 bits per heavy atom. The number of nitrogens with zero attached hydrogens (tertiary/aromatic N) is 2. The second-order valence-corrected chi connectivity index (χ2v) is 4.77. The van der Waals surface area contributed by atoms with E-state index in [0.717, 1.165) is 11.9 Å². The van der Waals surface area contributed by atoms with Gasteiger partial charge in [-0.15, -0.1) is 0 Å². The Morgan fingerprint density at radius 2 is 2.00 bits per heavy atom. The fourth-order valence-corrected chi connectivity index (χ4v) is 2.41. The minimum atomic E-state index is 0.953. The molecule has 2 heteroatoms. The highest BCUT2D eigenvalue weighted by molar-refractivity contribution is 5.76. The van der Waals surface area contributed by atoms with Crippen LogP contribution < -0.4 is 0 Å². The van der Waals surface area contributed by atoms with Crippen LogP contribution in [0.4, 0.5) is 0 Å². The average molecular weight is 236 g/mol. The Bertz CT molecular complexity index is 695. The van der Waals surface area contributed by atoms with Crippen molar-refractivity contribution in [3.8, 4) is 0 Å². The first kappa shape index (κ1) is 11.0. The third-order valence-corrected chi connectivity index (χ3v) is 3.38. The van der Waals surface area contributed by atoms with E-state index in [1.807, 2.05) is 12.3 Å². The van der Waals surface area contributed by atoms with E-state index in [1.54, 1.807) is 0 Å². The van der Waals surface area contributed by atoms with Gasteiger partial charge in [0.2, 0.25) is 0 Å². The molecule has 0 saturated carbocycles. The van der Waals surface area contributed by atoms with Crippen LogP contribution in [-0.2, 0) is 13.5 Å². The Kier molecular flexibility index (Phi) is 2.63. The maximum atomic E-state index is 4.40. The van der Waals surface area contributed by atoms with E-state index in [4.69, 9.17) is 0 Å². The number of fused-ring (bicyclic) bond motifs is 1. The van der Waals surface area contributed by atoms with Gasteiger partial charge in [-0.3, -0.25) is 4.98 Å². The number of hydrogen-bond acceptors (Lipinski definition) is 1. The van der Waals surface area contributed by atoms with Gasteiger partial charge in [0.1, 0.15) is 0 Å². The molecule has 1 aromatic carbocycles. The molecule has 0 aliphatic carbocycles. The van der Waals surface area contributed by atoms with Crippen LogP contribution in [0.25, 0.3) is 11.0 Å². The standard InChI is InChI=1S/C16H16N2/c1-12-5-3-6-13(9-12)10-14-11-15-16(18(14)2)7-4-8-17-15/h3-9,11H,10H2,1-2H3. The molecule has 0 unspecified atom stereocenters. The van der Waals surface area contributed by atoms with Crippen molar-refractivity contribution in [2.45, 2.75) is 13.3 Å². The van der Waals surface area contributed by atoms with Gasteiger partial charge in [0.05, 0.1) is 11.0 Å². The number of aromatic nitrogens is 2. The molecule has 2 nitrogen and oxygen atoms in total. The van der Waals surface area contributed by atoms with Gasteiger partial charge < -0.3 is 4.57 Å². The van der Waals surface area contributed by atoms with Crippen LogP contribution in [0.15, 0.2) is 48.7 Å². The first-order valence-electron chi connectivity index (χ1n) is 6.19. The summed E-state index contributed by atoms with van der Waals surface area (Å²) >= 11 is 0. The molecule has 0 radical (unpaired) electrons. The summed E-state index contributed by atoms with van der Waals surface area (Å²) in [5, 5.41) is 0. The zero-order chi connectivity index (χ0) is 12.5. The Morgan fingerprint density at radius 3 is 2.78 bits per heavy atom. The summed E-state index contributed by atoms with van der Waals surface area (Å²) in [4.78, 5) is 4.40. The molecule has 0 aliphatic rings. The largest absolute Gasteiger partial charge is 0.346 e. The lowest BCUT2D eigenvalue weighted by atomic mass is 10.1. The second kappa shape index (κ2) is 4.30. The van der Waals surface area contributed by atoms with Crippen molar-refractivity contribution in [3.63, 3.8) is 0 Å². The van der Waals surface area contributed by atoms with Gasteiger partial charge in [-0.25, -0.2) is 0 Å². The van der Waals surface area contributed by atoms with Gasteiger partial charge in [-0.1, -0.05) is 29.8 Å². The SMILES string of the molecule is Cc1cccc(Cc2cc3ncccc3n2C)c1. The predicted molar refractivity (Wildman–Crippen MR) is 74.7 cm³/mol. The van der Waals surface area contributed by atoms with E-state index in [9.17, 15) is 0 Å². The number of aryl methyl sites for hydroxylation is 2. The normalized spacial score (nSPS) is 11.0. The summed E-state index contributed by atoms with van der Waals surface area (Å²) < 4.78 is 2.23. The van der Waals surface area contributed by atoms with Crippen molar-refractivity contribution in [1.82, 2.24) is 9.55 Å². The second-order valence-electron chi connectivity index (χ2n) is 4.77. The minimum Gasteiger partial charge on any atom is -0.346 e. The quantitative estimate of drug-likeness (QED) is 0.666. The summed E-state index contributed by atoms with van der Waals surface area (Å²) in [6, 6.07) is 14.9. The van der Waals surface area contributed by atoms with E-state index in [0.29, 0.717) is 0 Å². The molecule has 0 aliphatic heterocycles. The van der Waals surface area contributed by atoms with Crippen LogP contribution in [0, 0.1) is 6.92 Å². The van der Waals surface area contributed by atoms with Gasteiger partial charge in [0, 0.05) is 25.4 Å². The summed E-state index contributed by atoms with van der Waals surface area (Å²) in [6.07, 6.45) is 2.80. The minimum absolute atomic E-state index is 0.953. The highest BCUT2D eigenvalue weighted by Crippen LogP contribution is 2.19. The van der Waals surface area contributed by atoms with Crippen molar-refractivity contribution in [1.29, 1.82) is 0 Å². The fraction of sp³-hybridized carbons (Fsp3) is 0.188. The first-order chi connectivity index (χ1) is 8.74. The highest BCUT2D eigenvalue weighted by Gasteiger charge is 2.06. The van der Waals surface area contributed by atoms with Crippen molar-refractivity contribution in [2.75, 3.05) is 0 Å². The predicted octanol–water partition coefficient (Wildman–Crippen LogP) is 3.47. The summed E-state index contributed by atoms with van der Waals surface area (Å²) in [7, 11) is 2.11. The summed E-state index contributed by atoms with van der Waals surface area (Å²) in [6.45, 7) is 2.13. The first-order valence-corrected chi connectivity index (χ1v) is 6.19. The van der Waals surface area contributed by atoms with Gasteiger partial charge >= 0.3 is 0 Å². The molecule has 2 aromatic heterocycles. The molecule has 0 amide bonds. The molecule has 3 rings (SSSR count). The number of rotatable bonds is 2. The smallest absolute Gasteiger partial charge is 0.0883 e. The molecule has 3 aromatic rings. The van der Waals surface area contributed by atoms with E-state index >= 15 is 0 Å². The maximum absolute atomic E-state index is 4.40. The highest BCUT2D eigenvalue weighted by atomic mass is 15.0. The van der Waals surface area contributed by atoms with Crippen molar-refractivity contribution < 1.29 is 0 Å². The van der Waals surface area contributed by atoms with E-state index in [1.165, 1.54) is 22.3 Å². The molecule has 90 valence electrons. The Labute approximate surface area is 107 Å². The van der Waals surface area contributed by atoms with Crippen molar-refractivity contribution in [3.05, 3.63) is 65.5 Å².